The third-order valence-corrected chi connectivity index (χ3v) is 6.40. The van der Waals surface area contributed by atoms with Gasteiger partial charge in [-0.25, -0.2) is 0 Å². The van der Waals surface area contributed by atoms with Crippen molar-refractivity contribution >= 4 is 5.91 Å². The fourth-order valence-corrected chi connectivity index (χ4v) is 4.96. The number of hydrogen-bond donors (Lipinski definition) is 1. The number of piperidine rings is 2. The molecule has 4 rings (SSSR count). The van der Waals surface area contributed by atoms with Crippen molar-refractivity contribution in [2.45, 2.75) is 70.4 Å². The number of nitrogens with one attached hydrogen (secondary N) is 1. The molecule has 1 aromatic carbocycles. The van der Waals surface area contributed by atoms with Crippen molar-refractivity contribution in [1.29, 1.82) is 0 Å². The number of nitrogens with zero attached hydrogens (tertiary/aromatic N) is 1. The predicted molar refractivity (Wildman–Crippen MR) is 103 cm³/mol. The molecule has 0 radical (unpaired) electrons. The lowest BCUT2D eigenvalue weighted by atomic mass is 9.77. The van der Waals surface area contributed by atoms with Crippen LogP contribution in [0.4, 0.5) is 0 Å². The Labute approximate surface area is 157 Å². The van der Waals surface area contributed by atoms with Gasteiger partial charge in [-0.05, 0) is 61.9 Å². The zero-order chi connectivity index (χ0) is 17.9. The summed E-state index contributed by atoms with van der Waals surface area (Å²) in [6.45, 7) is 4.95. The van der Waals surface area contributed by atoms with Gasteiger partial charge in [0.1, 0.15) is 5.75 Å². The van der Waals surface area contributed by atoms with E-state index in [1.165, 1.54) is 30.4 Å². The minimum absolute atomic E-state index is 0.201. The lowest BCUT2D eigenvalue weighted by molar-refractivity contribution is -0.145. The summed E-state index contributed by atoms with van der Waals surface area (Å²) in [7, 11) is 0. The zero-order valence-corrected chi connectivity index (χ0v) is 16.0. The number of amides is 1. The van der Waals surface area contributed by atoms with E-state index in [0.717, 1.165) is 57.6 Å². The van der Waals surface area contributed by atoms with Crippen molar-refractivity contribution in [3.8, 4) is 5.75 Å². The Bertz CT molecular complexity index is 645. The van der Waals surface area contributed by atoms with Gasteiger partial charge in [-0.2, -0.15) is 0 Å². The van der Waals surface area contributed by atoms with Crippen LogP contribution in [0.15, 0.2) is 18.2 Å². The molecule has 4 heteroatoms. The van der Waals surface area contributed by atoms with Gasteiger partial charge in [0.15, 0.2) is 0 Å². The monoisotopic (exact) mass is 356 g/mol. The van der Waals surface area contributed by atoms with Gasteiger partial charge in [0, 0.05) is 12.6 Å². The molecule has 3 aliphatic heterocycles. The largest absolute Gasteiger partial charge is 0.494 e. The van der Waals surface area contributed by atoms with Crippen molar-refractivity contribution in [3.63, 3.8) is 0 Å². The summed E-state index contributed by atoms with van der Waals surface area (Å²) >= 11 is 0. The third kappa shape index (κ3) is 3.48. The van der Waals surface area contributed by atoms with Crippen LogP contribution in [0.5, 0.6) is 5.75 Å². The van der Waals surface area contributed by atoms with Gasteiger partial charge in [0.25, 0.3) is 0 Å². The summed E-state index contributed by atoms with van der Waals surface area (Å²) in [4.78, 5) is 15.1. The van der Waals surface area contributed by atoms with E-state index >= 15 is 0 Å². The number of carbonyl (C=O) groups is 1. The first-order chi connectivity index (χ1) is 12.8. The van der Waals surface area contributed by atoms with Crippen LogP contribution in [0, 0.1) is 5.92 Å². The smallest absolute Gasteiger partial charge is 0.227 e. The van der Waals surface area contributed by atoms with E-state index < -0.39 is 0 Å². The van der Waals surface area contributed by atoms with Crippen LogP contribution in [-0.4, -0.2) is 36.5 Å². The second kappa shape index (κ2) is 7.99. The second-order valence-electron chi connectivity index (χ2n) is 8.11. The molecule has 1 N–H and O–H groups in total. The molecule has 3 heterocycles. The Morgan fingerprint density at radius 1 is 1.27 bits per heavy atom. The molecule has 0 spiro atoms. The lowest BCUT2D eigenvalue weighted by Gasteiger charge is -2.48. The molecular weight excluding hydrogens is 324 g/mol. The first-order valence-electron chi connectivity index (χ1n) is 10.6. The summed E-state index contributed by atoms with van der Waals surface area (Å²) in [5.41, 5.74) is 2.72. The number of fused-ring (bicyclic) bond motifs is 4. The van der Waals surface area contributed by atoms with Crippen molar-refractivity contribution in [3.05, 3.63) is 29.3 Å². The Balaban J connectivity index is 1.45. The van der Waals surface area contributed by atoms with Crippen LogP contribution in [0.1, 0.15) is 69.0 Å². The van der Waals surface area contributed by atoms with Crippen LogP contribution in [-0.2, 0) is 11.2 Å². The van der Waals surface area contributed by atoms with Crippen LogP contribution in [0.25, 0.3) is 0 Å². The first-order valence-corrected chi connectivity index (χ1v) is 10.6. The summed E-state index contributed by atoms with van der Waals surface area (Å²) in [6, 6.07) is 7.14. The van der Waals surface area contributed by atoms with Crippen molar-refractivity contribution in [2.75, 3.05) is 19.7 Å². The molecule has 3 atom stereocenters. The number of hydrogen-bond acceptors (Lipinski definition) is 3. The van der Waals surface area contributed by atoms with Gasteiger partial charge < -0.3 is 15.0 Å². The maximum Gasteiger partial charge on any atom is 0.227 e. The SMILES string of the molecule is CCCCCCOc1ccc2c(c1)CCN1C(=O)C3CCCNC3CC21. The Hall–Kier alpha value is -1.55. The fraction of sp³-hybridized carbons (Fsp3) is 0.682. The molecule has 4 nitrogen and oxygen atoms in total. The van der Waals surface area contributed by atoms with E-state index in [2.05, 4.69) is 35.3 Å². The fourth-order valence-electron chi connectivity index (χ4n) is 4.96. The zero-order valence-electron chi connectivity index (χ0n) is 16.0. The van der Waals surface area contributed by atoms with Gasteiger partial charge in [-0.3, -0.25) is 4.79 Å². The van der Waals surface area contributed by atoms with Gasteiger partial charge in [0.05, 0.1) is 18.6 Å². The quantitative estimate of drug-likeness (QED) is 0.788. The highest BCUT2D eigenvalue weighted by Gasteiger charge is 2.44. The molecule has 0 bridgehead atoms. The molecule has 3 aliphatic rings. The van der Waals surface area contributed by atoms with Crippen LogP contribution < -0.4 is 10.1 Å². The van der Waals surface area contributed by atoms with E-state index in [4.69, 9.17) is 4.74 Å². The molecular formula is C22H32N2O2. The highest BCUT2D eigenvalue weighted by atomic mass is 16.5. The minimum atomic E-state index is 0.201. The van der Waals surface area contributed by atoms with E-state index in [1.807, 2.05) is 0 Å². The van der Waals surface area contributed by atoms with Crippen LogP contribution >= 0.6 is 0 Å². The van der Waals surface area contributed by atoms with Crippen LogP contribution in [0.2, 0.25) is 0 Å². The summed E-state index contributed by atoms with van der Waals surface area (Å²) in [5, 5.41) is 3.60. The molecule has 3 unspecified atom stereocenters. The van der Waals surface area contributed by atoms with Crippen molar-refractivity contribution < 1.29 is 9.53 Å². The van der Waals surface area contributed by atoms with Gasteiger partial charge in [-0.1, -0.05) is 32.3 Å². The molecule has 2 saturated heterocycles. The molecule has 1 aromatic rings. The second-order valence-corrected chi connectivity index (χ2v) is 8.11. The molecule has 1 amide bonds. The number of unbranched alkanes of at least 4 members (excludes halogenated alkanes) is 3. The van der Waals surface area contributed by atoms with E-state index in [9.17, 15) is 4.79 Å². The standard InChI is InChI=1S/C22H32N2O2/c1-2-3-4-5-13-26-17-8-9-18-16(14-17)10-12-24-21(18)15-20-19(22(24)25)7-6-11-23-20/h8-9,14,19-21,23H,2-7,10-13,15H2,1H3. The highest BCUT2D eigenvalue weighted by Crippen LogP contribution is 2.42. The maximum absolute atomic E-state index is 13.0. The summed E-state index contributed by atoms with van der Waals surface area (Å²) in [6.07, 6.45) is 9.11. The Kier molecular flexibility index (Phi) is 5.49. The van der Waals surface area contributed by atoms with Crippen LogP contribution in [0.3, 0.4) is 0 Å². The topological polar surface area (TPSA) is 41.6 Å². The predicted octanol–water partition coefficient (Wildman–Crippen LogP) is 3.84. The average Bonchev–Trinajstić information content (AvgIpc) is 2.68. The van der Waals surface area contributed by atoms with E-state index in [-0.39, 0.29) is 12.0 Å². The molecule has 0 saturated carbocycles. The first kappa shape index (κ1) is 17.8. The summed E-state index contributed by atoms with van der Waals surface area (Å²) < 4.78 is 5.97. The lowest BCUT2D eigenvalue weighted by Crippen LogP contribution is -2.57. The van der Waals surface area contributed by atoms with Gasteiger partial charge in [0.2, 0.25) is 5.91 Å². The maximum atomic E-state index is 13.0. The number of rotatable bonds is 6. The number of benzene rings is 1. The highest BCUT2D eigenvalue weighted by molar-refractivity contribution is 5.81. The molecule has 26 heavy (non-hydrogen) atoms. The summed E-state index contributed by atoms with van der Waals surface area (Å²) in [5.74, 6) is 1.57. The normalized spacial score (nSPS) is 27.5. The Morgan fingerprint density at radius 3 is 3.08 bits per heavy atom. The number of ether oxygens (including phenoxy) is 1. The van der Waals surface area contributed by atoms with Crippen molar-refractivity contribution in [1.82, 2.24) is 10.2 Å². The van der Waals surface area contributed by atoms with Gasteiger partial charge >= 0.3 is 0 Å². The third-order valence-electron chi connectivity index (χ3n) is 6.40. The average molecular weight is 357 g/mol. The molecule has 0 aliphatic carbocycles. The van der Waals surface area contributed by atoms with Gasteiger partial charge in [-0.15, -0.1) is 0 Å². The van der Waals surface area contributed by atoms with Crippen molar-refractivity contribution in [2.24, 2.45) is 5.92 Å². The number of carbonyl (C=O) groups excluding carboxylic acids is 1. The minimum Gasteiger partial charge on any atom is -0.494 e. The molecule has 0 aromatic heterocycles. The molecule has 142 valence electrons. The Morgan fingerprint density at radius 2 is 2.19 bits per heavy atom. The van der Waals surface area contributed by atoms with E-state index in [0.29, 0.717) is 11.9 Å². The van der Waals surface area contributed by atoms with E-state index in [1.54, 1.807) is 0 Å². The molecule has 2 fully saturated rings.